The molecule has 3 rings (SSSR count). The highest BCUT2D eigenvalue weighted by molar-refractivity contribution is 7.91. The number of amides is 1. The molecular formula is C17H16FNO3S. The van der Waals surface area contributed by atoms with Gasteiger partial charge < -0.3 is 4.90 Å². The minimum atomic E-state index is -3.73. The molecule has 2 aromatic rings. The molecule has 0 N–H and O–H groups in total. The van der Waals surface area contributed by atoms with Crippen molar-refractivity contribution in [2.24, 2.45) is 0 Å². The third kappa shape index (κ3) is 3.42. The molecule has 23 heavy (non-hydrogen) atoms. The topological polar surface area (TPSA) is 54.5 Å². The van der Waals surface area contributed by atoms with E-state index in [0.29, 0.717) is 6.54 Å². The van der Waals surface area contributed by atoms with Crippen molar-refractivity contribution < 1.29 is 17.6 Å². The first-order valence-corrected chi connectivity index (χ1v) is 9.10. The number of nitrogens with zero attached hydrogens (tertiary/aromatic N) is 1. The zero-order valence-electron chi connectivity index (χ0n) is 12.4. The zero-order valence-corrected chi connectivity index (χ0v) is 13.2. The van der Waals surface area contributed by atoms with Crippen LogP contribution < -0.4 is 4.90 Å². The lowest BCUT2D eigenvalue weighted by Gasteiger charge is -2.17. The lowest BCUT2D eigenvalue weighted by Crippen LogP contribution is -2.34. The largest absolute Gasteiger partial charge is 0.311 e. The Balaban J connectivity index is 1.74. The number of hydrogen-bond acceptors (Lipinski definition) is 3. The Bertz CT molecular complexity index is 848. The summed E-state index contributed by atoms with van der Waals surface area (Å²) in [6, 6.07) is 13.1. The van der Waals surface area contributed by atoms with E-state index in [1.54, 1.807) is 6.07 Å². The highest BCUT2D eigenvalue weighted by Gasteiger charge is 2.28. The summed E-state index contributed by atoms with van der Waals surface area (Å²) in [7, 11) is -3.73. The van der Waals surface area contributed by atoms with Crippen LogP contribution in [0, 0.1) is 5.82 Å². The van der Waals surface area contributed by atoms with Crippen molar-refractivity contribution in [1.29, 1.82) is 0 Å². The summed E-state index contributed by atoms with van der Waals surface area (Å²) in [6.07, 6.45) is 0.718. The monoisotopic (exact) mass is 333 g/mol. The smallest absolute Gasteiger partial charge is 0.242 e. The Morgan fingerprint density at radius 3 is 2.57 bits per heavy atom. The van der Waals surface area contributed by atoms with Crippen LogP contribution >= 0.6 is 0 Å². The Hall–Kier alpha value is -2.21. The SMILES string of the molecule is O=C(CS(=O)(=O)Cc1ccccc1F)N1CCc2ccccc21. The van der Waals surface area contributed by atoms with Crippen molar-refractivity contribution in [3.05, 3.63) is 65.5 Å². The van der Waals surface area contributed by atoms with E-state index in [4.69, 9.17) is 0 Å². The van der Waals surface area contributed by atoms with E-state index < -0.39 is 33.1 Å². The van der Waals surface area contributed by atoms with E-state index in [0.717, 1.165) is 17.7 Å². The molecule has 1 amide bonds. The Morgan fingerprint density at radius 1 is 1.09 bits per heavy atom. The molecule has 1 heterocycles. The van der Waals surface area contributed by atoms with Crippen LogP contribution in [0.4, 0.5) is 10.1 Å². The first-order valence-electron chi connectivity index (χ1n) is 7.28. The Labute approximate surface area is 134 Å². The van der Waals surface area contributed by atoms with E-state index in [1.807, 2.05) is 24.3 Å². The summed E-state index contributed by atoms with van der Waals surface area (Å²) in [6.45, 7) is 0.480. The number of sulfone groups is 1. The van der Waals surface area contributed by atoms with Gasteiger partial charge in [0.2, 0.25) is 5.91 Å². The summed E-state index contributed by atoms with van der Waals surface area (Å²) in [5, 5.41) is 0. The van der Waals surface area contributed by atoms with Gasteiger partial charge in [-0.15, -0.1) is 0 Å². The van der Waals surface area contributed by atoms with Gasteiger partial charge in [-0.3, -0.25) is 4.79 Å². The summed E-state index contributed by atoms with van der Waals surface area (Å²) >= 11 is 0. The minimum absolute atomic E-state index is 0.0853. The Morgan fingerprint density at radius 2 is 1.78 bits per heavy atom. The second-order valence-corrected chi connectivity index (χ2v) is 7.61. The molecule has 0 saturated heterocycles. The van der Waals surface area contributed by atoms with Crippen LogP contribution in [0.1, 0.15) is 11.1 Å². The van der Waals surface area contributed by atoms with Crippen LogP contribution in [0.2, 0.25) is 0 Å². The van der Waals surface area contributed by atoms with Crippen LogP contribution in [0.3, 0.4) is 0 Å². The predicted octanol–water partition coefficient (Wildman–Crippen LogP) is 2.33. The van der Waals surface area contributed by atoms with Gasteiger partial charge in [0.15, 0.2) is 9.84 Å². The van der Waals surface area contributed by atoms with Crippen LogP contribution in [0.15, 0.2) is 48.5 Å². The number of carbonyl (C=O) groups is 1. The molecule has 0 spiro atoms. The molecule has 6 heteroatoms. The van der Waals surface area contributed by atoms with Gasteiger partial charge in [0, 0.05) is 17.8 Å². The molecular weight excluding hydrogens is 317 g/mol. The molecule has 2 aromatic carbocycles. The van der Waals surface area contributed by atoms with Crippen molar-refractivity contribution in [1.82, 2.24) is 0 Å². The predicted molar refractivity (Wildman–Crippen MR) is 86.4 cm³/mol. The summed E-state index contributed by atoms with van der Waals surface area (Å²) < 4.78 is 38.0. The van der Waals surface area contributed by atoms with Gasteiger partial charge in [-0.1, -0.05) is 36.4 Å². The fourth-order valence-electron chi connectivity index (χ4n) is 2.77. The van der Waals surface area contributed by atoms with E-state index >= 15 is 0 Å². The molecule has 0 aromatic heterocycles. The number of hydrogen-bond donors (Lipinski definition) is 0. The maximum Gasteiger partial charge on any atom is 0.242 e. The third-order valence-electron chi connectivity index (χ3n) is 3.86. The van der Waals surface area contributed by atoms with Crippen LogP contribution in [-0.4, -0.2) is 26.6 Å². The summed E-state index contributed by atoms with van der Waals surface area (Å²) in [4.78, 5) is 13.8. The number of halogens is 1. The van der Waals surface area contributed by atoms with Gasteiger partial charge in [0.1, 0.15) is 11.6 Å². The van der Waals surface area contributed by atoms with Crippen LogP contribution in [0.5, 0.6) is 0 Å². The molecule has 0 atom stereocenters. The molecule has 1 aliphatic heterocycles. The van der Waals surface area contributed by atoms with E-state index in [2.05, 4.69) is 0 Å². The normalized spacial score (nSPS) is 13.9. The van der Waals surface area contributed by atoms with Gasteiger partial charge in [-0.05, 0) is 24.1 Å². The maximum atomic E-state index is 13.6. The van der Waals surface area contributed by atoms with Crippen LogP contribution in [0.25, 0.3) is 0 Å². The number of rotatable bonds is 4. The fourth-order valence-corrected chi connectivity index (χ4v) is 4.11. The quantitative estimate of drug-likeness (QED) is 0.863. The standard InChI is InChI=1S/C17H16FNO3S/c18-15-7-3-1-6-14(15)11-23(21,22)12-17(20)19-10-9-13-5-2-4-8-16(13)19/h1-8H,9-12H2. The highest BCUT2D eigenvalue weighted by atomic mass is 32.2. The zero-order chi connectivity index (χ0) is 16.4. The maximum absolute atomic E-state index is 13.6. The Kier molecular flexibility index (Phi) is 4.17. The van der Waals surface area contributed by atoms with Crippen molar-refractivity contribution in [2.75, 3.05) is 17.2 Å². The summed E-state index contributed by atoms with van der Waals surface area (Å²) in [5.74, 6) is -2.13. The molecule has 1 aliphatic rings. The van der Waals surface area contributed by atoms with E-state index in [-0.39, 0.29) is 5.56 Å². The molecule has 0 saturated carbocycles. The molecule has 120 valence electrons. The van der Waals surface area contributed by atoms with E-state index in [1.165, 1.54) is 23.1 Å². The lowest BCUT2D eigenvalue weighted by atomic mass is 10.2. The molecule has 0 unspecified atom stereocenters. The van der Waals surface area contributed by atoms with Crippen molar-refractivity contribution in [3.63, 3.8) is 0 Å². The molecule has 0 fully saturated rings. The number of anilines is 1. The number of fused-ring (bicyclic) bond motifs is 1. The average Bonchev–Trinajstić information content (AvgIpc) is 2.93. The third-order valence-corrected chi connectivity index (χ3v) is 5.30. The second kappa shape index (κ2) is 6.12. The average molecular weight is 333 g/mol. The summed E-state index contributed by atoms with van der Waals surface area (Å²) in [5.41, 5.74) is 1.88. The number of benzene rings is 2. The lowest BCUT2D eigenvalue weighted by molar-refractivity contribution is -0.116. The molecule has 0 aliphatic carbocycles. The molecule has 0 radical (unpaired) electrons. The highest BCUT2D eigenvalue weighted by Crippen LogP contribution is 2.27. The van der Waals surface area contributed by atoms with Crippen molar-refractivity contribution >= 4 is 21.4 Å². The van der Waals surface area contributed by atoms with E-state index in [9.17, 15) is 17.6 Å². The van der Waals surface area contributed by atoms with Gasteiger partial charge >= 0.3 is 0 Å². The van der Waals surface area contributed by atoms with Gasteiger partial charge in [0.05, 0.1) is 5.75 Å². The second-order valence-electron chi connectivity index (χ2n) is 5.55. The minimum Gasteiger partial charge on any atom is -0.311 e. The van der Waals surface area contributed by atoms with Gasteiger partial charge in [0.25, 0.3) is 0 Å². The first-order chi connectivity index (χ1) is 11.0. The van der Waals surface area contributed by atoms with Crippen LogP contribution in [-0.2, 0) is 26.8 Å². The van der Waals surface area contributed by atoms with Crippen molar-refractivity contribution in [2.45, 2.75) is 12.2 Å². The fraction of sp³-hybridized carbons (Fsp3) is 0.235. The molecule has 4 nitrogen and oxygen atoms in total. The van der Waals surface area contributed by atoms with Gasteiger partial charge in [-0.25, -0.2) is 12.8 Å². The number of para-hydroxylation sites is 1. The first kappa shape index (κ1) is 15.7. The number of carbonyl (C=O) groups excluding carboxylic acids is 1. The van der Waals surface area contributed by atoms with Crippen molar-refractivity contribution in [3.8, 4) is 0 Å². The molecule has 0 bridgehead atoms. The van der Waals surface area contributed by atoms with Gasteiger partial charge in [-0.2, -0.15) is 0 Å².